The minimum Gasteiger partial charge on any atom is -0.454 e. The first-order valence-corrected chi connectivity index (χ1v) is 9.82. The van der Waals surface area contributed by atoms with Crippen molar-refractivity contribution in [3.63, 3.8) is 0 Å². The molecule has 1 aromatic heterocycles. The van der Waals surface area contributed by atoms with Gasteiger partial charge in [0.15, 0.2) is 17.5 Å². The van der Waals surface area contributed by atoms with Crippen LogP contribution in [0.5, 0.6) is 11.5 Å². The maximum Gasteiger partial charge on any atom is 0.231 e. The highest BCUT2D eigenvalue weighted by atomic mass is 32.1. The summed E-state index contributed by atoms with van der Waals surface area (Å²) in [7, 11) is 2.05. The largest absolute Gasteiger partial charge is 0.454 e. The Kier molecular flexibility index (Phi) is 6.33. The second kappa shape index (κ2) is 8.89. The number of rotatable bonds is 7. The van der Waals surface area contributed by atoms with Crippen molar-refractivity contribution in [3.05, 3.63) is 39.8 Å². The number of fused-ring (bicyclic) bond motifs is 1. The summed E-state index contributed by atoms with van der Waals surface area (Å²) < 4.78 is 10.8. The number of nitrogens with zero attached hydrogens (tertiary/aromatic N) is 3. The molecule has 0 radical (unpaired) electrons. The van der Waals surface area contributed by atoms with Crippen molar-refractivity contribution >= 4 is 17.3 Å². The molecule has 0 saturated carbocycles. The molecule has 140 valence electrons. The number of aryl methyl sites for hydroxylation is 1. The van der Waals surface area contributed by atoms with Crippen molar-refractivity contribution in [2.45, 2.75) is 33.2 Å². The molecule has 0 atom stereocenters. The van der Waals surface area contributed by atoms with E-state index in [-0.39, 0.29) is 0 Å². The highest BCUT2D eigenvalue weighted by Crippen LogP contribution is 2.32. The number of nitrogens with one attached hydrogen (secondary N) is 1. The molecule has 0 spiro atoms. The van der Waals surface area contributed by atoms with Gasteiger partial charge in [-0.3, -0.25) is 4.99 Å². The SMILES string of the molecule is CCNC(=NCCc1ncc(CC)s1)N(C)Cc1ccc2c(c1)OCO2. The molecule has 1 aliphatic rings. The molecule has 2 heterocycles. The molecule has 0 amide bonds. The Morgan fingerprint density at radius 1 is 1.31 bits per heavy atom. The third-order valence-electron chi connectivity index (χ3n) is 4.09. The van der Waals surface area contributed by atoms with E-state index < -0.39 is 0 Å². The fourth-order valence-corrected chi connectivity index (χ4v) is 3.59. The van der Waals surface area contributed by atoms with Crippen molar-refractivity contribution in [1.82, 2.24) is 15.2 Å². The molecule has 0 aliphatic carbocycles. The average Bonchev–Trinajstić information content (AvgIpc) is 3.29. The van der Waals surface area contributed by atoms with E-state index in [1.54, 1.807) is 11.3 Å². The van der Waals surface area contributed by atoms with E-state index >= 15 is 0 Å². The molecule has 0 saturated heterocycles. The molecule has 0 bridgehead atoms. The third kappa shape index (κ3) is 4.66. The van der Waals surface area contributed by atoms with Crippen LogP contribution in [0.4, 0.5) is 0 Å². The van der Waals surface area contributed by atoms with Crippen LogP contribution in [0, 0.1) is 0 Å². The fraction of sp³-hybridized carbons (Fsp3) is 0.474. The predicted octanol–water partition coefficient (Wildman–Crippen LogP) is 3.07. The Labute approximate surface area is 158 Å². The summed E-state index contributed by atoms with van der Waals surface area (Å²) in [6, 6.07) is 6.06. The van der Waals surface area contributed by atoms with E-state index in [2.05, 4.69) is 35.1 Å². The quantitative estimate of drug-likeness (QED) is 0.596. The van der Waals surface area contributed by atoms with Crippen LogP contribution in [0.1, 0.15) is 29.3 Å². The van der Waals surface area contributed by atoms with Gasteiger partial charge in [0.2, 0.25) is 6.79 Å². The number of hydrogen-bond donors (Lipinski definition) is 1. The smallest absolute Gasteiger partial charge is 0.231 e. The molecule has 1 N–H and O–H groups in total. The average molecular weight is 375 g/mol. The molecule has 3 rings (SSSR count). The van der Waals surface area contributed by atoms with E-state index in [0.717, 1.165) is 60.5 Å². The standard InChI is InChI=1S/C19H26N4O2S/c1-4-15-11-22-18(26-15)8-9-21-19(20-5-2)23(3)12-14-6-7-16-17(10-14)25-13-24-16/h6-7,10-11H,4-5,8-9,12-13H2,1-3H3,(H,20,21). The minimum absolute atomic E-state index is 0.301. The van der Waals surface area contributed by atoms with Crippen LogP contribution in [0.15, 0.2) is 29.4 Å². The zero-order chi connectivity index (χ0) is 18.4. The summed E-state index contributed by atoms with van der Waals surface area (Å²) in [6.07, 6.45) is 3.89. The van der Waals surface area contributed by atoms with Crippen molar-refractivity contribution in [2.24, 2.45) is 4.99 Å². The Morgan fingerprint density at radius 2 is 2.15 bits per heavy atom. The van der Waals surface area contributed by atoms with Gasteiger partial charge < -0.3 is 19.7 Å². The van der Waals surface area contributed by atoms with Gasteiger partial charge in [0, 0.05) is 44.2 Å². The van der Waals surface area contributed by atoms with Gasteiger partial charge in [-0.25, -0.2) is 4.98 Å². The number of ether oxygens (including phenoxy) is 2. The van der Waals surface area contributed by atoms with E-state index in [1.807, 2.05) is 25.4 Å². The van der Waals surface area contributed by atoms with Crippen molar-refractivity contribution in [3.8, 4) is 11.5 Å². The lowest BCUT2D eigenvalue weighted by Gasteiger charge is -2.22. The van der Waals surface area contributed by atoms with Gasteiger partial charge in [-0.15, -0.1) is 11.3 Å². The van der Waals surface area contributed by atoms with E-state index in [0.29, 0.717) is 6.79 Å². The summed E-state index contributed by atoms with van der Waals surface area (Å²) in [5, 5.41) is 4.51. The highest BCUT2D eigenvalue weighted by Gasteiger charge is 2.14. The molecular formula is C19H26N4O2S. The van der Waals surface area contributed by atoms with Gasteiger partial charge in [-0.2, -0.15) is 0 Å². The summed E-state index contributed by atoms with van der Waals surface area (Å²) >= 11 is 1.78. The number of hydrogen-bond acceptors (Lipinski definition) is 5. The molecule has 26 heavy (non-hydrogen) atoms. The monoisotopic (exact) mass is 374 g/mol. The van der Waals surface area contributed by atoms with Crippen LogP contribution in [0.25, 0.3) is 0 Å². The maximum absolute atomic E-state index is 5.46. The van der Waals surface area contributed by atoms with Gasteiger partial charge in [0.1, 0.15) is 0 Å². The van der Waals surface area contributed by atoms with Crippen LogP contribution < -0.4 is 14.8 Å². The first-order chi connectivity index (χ1) is 12.7. The number of thiazole rings is 1. The molecule has 1 aliphatic heterocycles. The van der Waals surface area contributed by atoms with Crippen molar-refractivity contribution < 1.29 is 9.47 Å². The number of benzene rings is 1. The van der Waals surface area contributed by atoms with Crippen LogP contribution in [-0.2, 0) is 19.4 Å². The van der Waals surface area contributed by atoms with Gasteiger partial charge in [0.05, 0.1) is 5.01 Å². The zero-order valence-corrected chi connectivity index (χ0v) is 16.4. The highest BCUT2D eigenvalue weighted by molar-refractivity contribution is 7.11. The van der Waals surface area contributed by atoms with Crippen molar-refractivity contribution in [2.75, 3.05) is 26.9 Å². The Hall–Kier alpha value is -2.28. The fourth-order valence-electron chi connectivity index (χ4n) is 2.74. The summed E-state index contributed by atoms with van der Waals surface area (Å²) in [5.41, 5.74) is 1.16. The maximum atomic E-state index is 5.46. The first-order valence-electron chi connectivity index (χ1n) is 9.01. The number of aliphatic imine (C=N–C) groups is 1. The third-order valence-corrected chi connectivity index (χ3v) is 5.29. The summed E-state index contributed by atoms with van der Waals surface area (Å²) in [5.74, 6) is 2.53. The van der Waals surface area contributed by atoms with E-state index in [1.165, 1.54) is 4.88 Å². The molecule has 0 unspecified atom stereocenters. The van der Waals surface area contributed by atoms with Crippen molar-refractivity contribution in [1.29, 1.82) is 0 Å². The lowest BCUT2D eigenvalue weighted by molar-refractivity contribution is 0.174. The molecule has 7 heteroatoms. The topological polar surface area (TPSA) is 59.0 Å². The number of aromatic nitrogens is 1. The Bertz CT molecular complexity index is 760. The van der Waals surface area contributed by atoms with Crippen LogP contribution in [0.3, 0.4) is 0 Å². The molecule has 0 fully saturated rings. The first kappa shape index (κ1) is 18.5. The molecule has 1 aromatic carbocycles. The van der Waals surface area contributed by atoms with Gasteiger partial charge >= 0.3 is 0 Å². The van der Waals surface area contributed by atoms with E-state index in [9.17, 15) is 0 Å². The molecular weight excluding hydrogens is 348 g/mol. The minimum atomic E-state index is 0.301. The number of guanidine groups is 1. The molecule has 2 aromatic rings. The molecule has 6 nitrogen and oxygen atoms in total. The van der Waals surface area contributed by atoms with Crippen LogP contribution >= 0.6 is 11.3 Å². The summed E-state index contributed by atoms with van der Waals surface area (Å²) in [6.45, 7) is 6.85. The van der Waals surface area contributed by atoms with Crippen LogP contribution in [0.2, 0.25) is 0 Å². The predicted molar refractivity (Wildman–Crippen MR) is 105 cm³/mol. The van der Waals surface area contributed by atoms with Crippen LogP contribution in [-0.4, -0.2) is 42.8 Å². The van der Waals surface area contributed by atoms with Gasteiger partial charge in [0.25, 0.3) is 0 Å². The Morgan fingerprint density at radius 3 is 2.92 bits per heavy atom. The Balaban J connectivity index is 1.60. The zero-order valence-electron chi connectivity index (χ0n) is 15.6. The van der Waals surface area contributed by atoms with Gasteiger partial charge in [-0.05, 0) is 31.0 Å². The second-order valence-electron chi connectivity index (χ2n) is 6.10. The van der Waals surface area contributed by atoms with E-state index in [4.69, 9.17) is 14.5 Å². The normalized spacial score (nSPS) is 13.1. The second-order valence-corrected chi connectivity index (χ2v) is 7.30. The summed E-state index contributed by atoms with van der Waals surface area (Å²) in [4.78, 5) is 12.7. The lowest BCUT2D eigenvalue weighted by atomic mass is 10.2. The lowest BCUT2D eigenvalue weighted by Crippen LogP contribution is -2.38. The van der Waals surface area contributed by atoms with Gasteiger partial charge in [-0.1, -0.05) is 13.0 Å².